The predicted octanol–water partition coefficient (Wildman–Crippen LogP) is 1.58. The third-order valence-corrected chi connectivity index (χ3v) is 6.98. The van der Waals surface area contributed by atoms with Gasteiger partial charge in [-0.1, -0.05) is 30.3 Å². The first-order valence-electron chi connectivity index (χ1n) is 9.38. The van der Waals surface area contributed by atoms with Gasteiger partial charge in [-0.15, -0.1) is 0 Å². The topological polar surface area (TPSA) is 108 Å². The number of benzene rings is 2. The smallest absolute Gasteiger partial charge is 0.279 e. The fraction of sp³-hybridized carbons (Fsp3) is 0.350. The number of hydrogen-bond acceptors (Lipinski definition) is 7. The Morgan fingerprint density at radius 1 is 1.07 bits per heavy atom. The Morgan fingerprint density at radius 2 is 1.73 bits per heavy atom. The molecule has 30 heavy (non-hydrogen) atoms. The minimum absolute atomic E-state index is 0. The lowest BCUT2D eigenvalue weighted by molar-refractivity contribution is 0.0698. The lowest BCUT2D eigenvalue weighted by Crippen LogP contribution is -2.48. The molecular weight excluding hydrogens is 410 g/mol. The molecule has 0 atom stereocenters. The average Bonchev–Trinajstić information content (AvgIpc) is 2.78. The van der Waals surface area contributed by atoms with E-state index in [1.54, 1.807) is 0 Å². The molecule has 2 aromatic rings. The van der Waals surface area contributed by atoms with E-state index in [0.29, 0.717) is 13.1 Å². The summed E-state index contributed by atoms with van der Waals surface area (Å²) in [6.45, 7) is 2.42. The number of rotatable bonds is 7. The van der Waals surface area contributed by atoms with Crippen molar-refractivity contribution in [1.82, 2.24) is 14.7 Å². The van der Waals surface area contributed by atoms with Gasteiger partial charge < -0.3 is 9.47 Å². The van der Waals surface area contributed by atoms with Crippen molar-refractivity contribution in [2.24, 2.45) is 0 Å². The Kier molecular flexibility index (Phi) is 6.93. The lowest BCUT2D eigenvalue weighted by Gasteiger charge is -2.34. The second-order valence-electron chi connectivity index (χ2n) is 6.78. The van der Waals surface area contributed by atoms with Crippen molar-refractivity contribution in [3.63, 3.8) is 0 Å². The van der Waals surface area contributed by atoms with Gasteiger partial charge in [0.15, 0.2) is 11.5 Å². The molecule has 3 rings (SSSR count). The number of sulfonamides is 1. The van der Waals surface area contributed by atoms with Crippen LogP contribution in [-0.4, -0.2) is 69.1 Å². The number of nitrogens with one attached hydrogen (secondary N) is 1. The van der Waals surface area contributed by atoms with Crippen LogP contribution in [0.3, 0.4) is 0 Å². The van der Waals surface area contributed by atoms with Gasteiger partial charge >= 0.3 is 0 Å². The Morgan fingerprint density at radius 3 is 2.30 bits per heavy atom. The normalized spacial score (nSPS) is 15.6. The zero-order valence-corrected chi connectivity index (χ0v) is 17.7. The zero-order valence-electron chi connectivity index (χ0n) is 16.9. The number of ether oxygens (including phenoxy) is 2. The van der Waals surface area contributed by atoms with E-state index in [2.05, 4.69) is 4.90 Å². The van der Waals surface area contributed by atoms with Gasteiger partial charge in [0.05, 0.1) is 19.1 Å². The van der Waals surface area contributed by atoms with E-state index in [1.807, 2.05) is 30.3 Å². The molecule has 1 aliphatic rings. The Hall–Kier alpha value is -2.66. The van der Waals surface area contributed by atoms with Gasteiger partial charge in [0.25, 0.3) is 5.91 Å². The van der Waals surface area contributed by atoms with Gasteiger partial charge in [0.1, 0.15) is 5.56 Å². The molecule has 0 unspecified atom stereocenters. The minimum atomic E-state index is -4.00. The molecule has 1 aliphatic heterocycles. The van der Waals surface area contributed by atoms with E-state index in [9.17, 15) is 13.2 Å². The fourth-order valence-corrected chi connectivity index (χ4v) is 5.11. The first kappa shape index (κ1) is 22.0. The van der Waals surface area contributed by atoms with Gasteiger partial charge in [-0.2, -0.15) is 4.31 Å². The van der Waals surface area contributed by atoms with Crippen LogP contribution in [0.4, 0.5) is 0 Å². The highest BCUT2D eigenvalue weighted by atomic mass is 32.2. The molecule has 164 valence electrons. The Bertz CT molecular complexity index is 995. The van der Waals surface area contributed by atoms with Gasteiger partial charge in [-0.25, -0.2) is 13.9 Å². The molecular formula is C20H27N3O6S. The summed E-state index contributed by atoms with van der Waals surface area (Å²) in [7, 11) is -1.33. The lowest BCUT2D eigenvalue weighted by atomic mass is 10.1. The van der Waals surface area contributed by atoms with Crippen LogP contribution in [0, 0.1) is 0 Å². The predicted molar refractivity (Wildman–Crippen MR) is 111 cm³/mol. The largest absolute Gasteiger partial charge is 0.493 e. The average molecular weight is 438 g/mol. The van der Waals surface area contributed by atoms with Crippen molar-refractivity contribution < 1.29 is 29.3 Å². The molecule has 0 aromatic heterocycles. The summed E-state index contributed by atoms with van der Waals surface area (Å²) >= 11 is 0. The van der Waals surface area contributed by atoms with Crippen LogP contribution < -0.4 is 15.0 Å². The molecule has 1 fully saturated rings. The van der Waals surface area contributed by atoms with E-state index in [4.69, 9.17) is 14.7 Å². The number of methoxy groups -OCH3 is 2. The summed E-state index contributed by atoms with van der Waals surface area (Å²) in [5.74, 6) is -0.873. The maximum atomic E-state index is 13.3. The third-order valence-electron chi connectivity index (χ3n) is 5.03. The van der Waals surface area contributed by atoms with Crippen LogP contribution in [0.25, 0.3) is 0 Å². The third kappa shape index (κ3) is 4.41. The molecule has 9 nitrogen and oxygen atoms in total. The number of piperazine rings is 1. The Balaban J connectivity index is 0.00000341. The number of nitrogens with zero attached hydrogens (tertiary/aromatic N) is 2. The highest BCUT2D eigenvalue weighted by Crippen LogP contribution is 2.36. The highest BCUT2D eigenvalue weighted by Gasteiger charge is 2.34. The van der Waals surface area contributed by atoms with Crippen molar-refractivity contribution >= 4 is 15.9 Å². The van der Waals surface area contributed by atoms with Gasteiger partial charge in [0, 0.05) is 34.2 Å². The summed E-state index contributed by atoms with van der Waals surface area (Å²) in [6.07, 6.45) is 0. The molecule has 0 radical (unpaired) electrons. The summed E-state index contributed by atoms with van der Waals surface area (Å²) < 4.78 is 38.3. The van der Waals surface area contributed by atoms with Crippen LogP contribution >= 0.6 is 0 Å². The zero-order chi connectivity index (χ0) is 21.7. The van der Waals surface area contributed by atoms with Crippen molar-refractivity contribution in [3.8, 4) is 11.5 Å². The van der Waals surface area contributed by atoms with Gasteiger partial charge in [-0.05, 0) is 17.7 Å². The van der Waals surface area contributed by atoms with Crippen LogP contribution in [-0.2, 0) is 16.6 Å². The molecule has 0 bridgehead atoms. The molecule has 0 aliphatic carbocycles. The number of carbonyl (C=O) groups excluding carboxylic acids is 1. The molecule has 0 spiro atoms. The van der Waals surface area contributed by atoms with E-state index < -0.39 is 15.9 Å². The van der Waals surface area contributed by atoms with Crippen LogP contribution in [0.1, 0.15) is 17.3 Å². The standard InChI is InChI=1S/C20H25N3O6S.H2/c1-28-16-8-9-17(18(19(16)29-2)20(24)21-25)30(26,27)23-12-10-22(11-13-23)14-15-6-4-3-5-7-15;/h3-9,25H,10-14H2,1-2H3,(H,21,24);1H. The SMILES string of the molecule is COc1ccc(S(=O)(=O)N2CCN(Cc3ccccc3)CC2)c(C(=O)NO)c1OC.[HH]. The van der Waals surface area contributed by atoms with Gasteiger partial charge in [-0.3, -0.25) is 14.9 Å². The molecule has 1 amide bonds. The summed E-state index contributed by atoms with van der Waals surface area (Å²) in [5, 5.41) is 9.14. The number of hydroxylamine groups is 1. The van der Waals surface area contributed by atoms with Crippen LogP contribution in [0.15, 0.2) is 47.4 Å². The number of hydrogen-bond donors (Lipinski definition) is 2. The van der Waals surface area contributed by atoms with Gasteiger partial charge in [0.2, 0.25) is 10.0 Å². The molecule has 2 N–H and O–H groups in total. The van der Waals surface area contributed by atoms with Crippen molar-refractivity contribution in [1.29, 1.82) is 0 Å². The first-order valence-corrected chi connectivity index (χ1v) is 10.8. The second kappa shape index (κ2) is 9.43. The minimum Gasteiger partial charge on any atom is -0.493 e. The molecule has 1 heterocycles. The van der Waals surface area contributed by atoms with Crippen molar-refractivity contribution in [3.05, 3.63) is 53.6 Å². The van der Waals surface area contributed by atoms with Crippen LogP contribution in [0.2, 0.25) is 0 Å². The van der Waals surface area contributed by atoms with E-state index in [-0.39, 0.29) is 36.5 Å². The summed E-state index contributed by atoms with van der Waals surface area (Å²) in [5.41, 5.74) is 2.35. The molecule has 10 heteroatoms. The van der Waals surface area contributed by atoms with E-state index in [0.717, 1.165) is 12.1 Å². The highest BCUT2D eigenvalue weighted by molar-refractivity contribution is 7.89. The number of amides is 1. The van der Waals surface area contributed by atoms with Crippen molar-refractivity contribution in [2.45, 2.75) is 11.4 Å². The summed E-state index contributed by atoms with van der Waals surface area (Å²) in [4.78, 5) is 14.2. The van der Waals surface area contributed by atoms with Crippen molar-refractivity contribution in [2.75, 3.05) is 40.4 Å². The monoisotopic (exact) mass is 437 g/mol. The molecule has 0 saturated carbocycles. The maximum Gasteiger partial charge on any atom is 0.279 e. The first-order chi connectivity index (χ1) is 14.4. The molecule has 2 aromatic carbocycles. The number of carbonyl (C=O) groups is 1. The Labute approximate surface area is 177 Å². The quantitative estimate of drug-likeness (QED) is 0.500. The van der Waals surface area contributed by atoms with Crippen LogP contribution in [0.5, 0.6) is 11.5 Å². The maximum absolute atomic E-state index is 13.3. The molecule has 1 saturated heterocycles. The van der Waals surface area contributed by atoms with E-state index in [1.165, 1.54) is 36.1 Å². The fourth-order valence-electron chi connectivity index (χ4n) is 3.50. The summed E-state index contributed by atoms with van der Waals surface area (Å²) in [6, 6.07) is 12.7. The van der Waals surface area contributed by atoms with E-state index >= 15 is 0 Å². The second-order valence-corrected chi connectivity index (χ2v) is 8.69.